The molecule has 44 fully saturated rings. The predicted octanol–water partition coefficient (Wildman–Crippen LogP) is -23.3. The van der Waals surface area contributed by atoms with Gasteiger partial charge in [-0.05, 0) is 11.1 Å². The average molecular weight is 2050 g/mol. The van der Waals surface area contributed by atoms with E-state index in [2.05, 4.69) is 0 Å². The minimum Gasteiger partial charge on any atom is -0.394 e. The minimum absolute atomic E-state index is 0.263. The van der Waals surface area contributed by atoms with Crippen LogP contribution in [0.5, 0.6) is 0 Å². The Balaban J connectivity index is 0.670. The molecule has 0 spiro atoms. The molecule has 0 aliphatic carbocycles. The van der Waals surface area contributed by atoms with Crippen LogP contribution >= 0.6 is 0 Å². The van der Waals surface area contributed by atoms with Crippen LogP contribution in [0.1, 0.15) is 11.1 Å². The van der Waals surface area contributed by atoms with Gasteiger partial charge in [-0.15, -0.1) is 0 Å². The molecule has 34 N–H and O–H groups in total. The Morgan fingerprint density at radius 1 is 0.157 bits per heavy atom. The number of aliphatic hydroxyl groups excluding tert-OH is 34. The smallest absolute Gasteiger partial charge is 0.187 e. The van der Waals surface area contributed by atoms with Gasteiger partial charge in [0, 0.05) is 0 Å². The molecule has 24 bridgehead atoms. The molecule has 44 aliphatic rings. The predicted molar refractivity (Wildman–Crippen MR) is 423 cm³/mol. The maximum Gasteiger partial charge on any atom is 0.187 e. The van der Waals surface area contributed by atoms with Crippen molar-refractivity contribution in [1.29, 1.82) is 0 Å². The summed E-state index contributed by atoms with van der Waals surface area (Å²) in [6, 6.07) is 5.95. The molecule has 806 valence electrons. The van der Waals surface area contributed by atoms with Crippen LogP contribution < -0.4 is 0 Å². The summed E-state index contributed by atoms with van der Waals surface area (Å²) in [5.74, 6) is 0. The zero-order valence-electron chi connectivity index (χ0n) is 73.7. The quantitative estimate of drug-likeness (QED) is 0.0649. The Morgan fingerprint density at radius 2 is 0.271 bits per heavy atom. The van der Waals surface area contributed by atoms with E-state index in [1.165, 1.54) is 24.3 Å². The Morgan fingerprint density at radius 3 is 0.393 bits per heavy atom. The van der Waals surface area contributed by atoms with Gasteiger partial charge >= 0.3 is 0 Å². The summed E-state index contributed by atoms with van der Waals surface area (Å²) < 4.78 is 153. The number of rotatable bonds is 18. The van der Waals surface area contributed by atoms with E-state index >= 15 is 0 Å². The van der Waals surface area contributed by atoms with E-state index in [-0.39, 0.29) is 11.1 Å². The normalized spacial score (nSPS) is 53.0. The van der Waals surface area contributed by atoms with E-state index in [4.69, 9.17) is 123 Å². The van der Waals surface area contributed by atoms with Crippen molar-refractivity contribution in [2.45, 2.75) is 382 Å². The van der Waals surface area contributed by atoms with Crippen LogP contribution in [-0.4, -0.2) is 621 Å². The highest BCUT2D eigenvalue weighted by molar-refractivity contribution is 5.23. The maximum absolute atomic E-state index is 12.2. The first kappa shape index (κ1) is 111. The van der Waals surface area contributed by atoms with E-state index in [0.29, 0.717) is 0 Å². The van der Waals surface area contributed by atoms with Gasteiger partial charge in [0.2, 0.25) is 0 Å². The first-order valence-corrected chi connectivity index (χ1v) is 45.3. The molecule has 60 unspecified atom stereocenters. The van der Waals surface area contributed by atoms with E-state index in [9.17, 15) is 174 Å². The Bertz CT molecular complexity index is 3680. The van der Waals surface area contributed by atoms with Crippen molar-refractivity contribution in [3.8, 4) is 0 Å². The summed E-state index contributed by atoms with van der Waals surface area (Å²) in [6.07, 6.45) is -126. The summed E-state index contributed by atoms with van der Waals surface area (Å²) in [4.78, 5) is 0. The van der Waals surface area contributed by atoms with Gasteiger partial charge in [0.05, 0.1) is 92.5 Å². The Labute approximate surface area is 790 Å². The van der Waals surface area contributed by atoms with Crippen LogP contribution in [-0.2, 0) is 136 Å². The van der Waals surface area contributed by atoms with Crippen molar-refractivity contribution in [3.63, 3.8) is 0 Å². The lowest BCUT2D eigenvalue weighted by molar-refractivity contribution is -0.404. The van der Waals surface area contributed by atoms with Gasteiger partial charge in [-0.1, -0.05) is 24.3 Å². The molecule has 44 saturated heterocycles. The third-order valence-electron chi connectivity index (χ3n) is 27.1. The van der Waals surface area contributed by atoms with Crippen LogP contribution in [0.4, 0.5) is 0 Å². The van der Waals surface area contributed by atoms with Crippen molar-refractivity contribution >= 4 is 0 Å². The van der Waals surface area contributed by atoms with Crippen LogP contribution in [0.2, 0.25) is 0 Å². The third-order valence-corrected chi connectivity index (χ3v) is 27.1. The fraction of sp³-hybridized carbons (Fsp3) is 0.925. The molecule has 0 radical (unpaired) electrons. The zero-order chi connectivity index (χ0) is 101. The monoisotopic (exact) mass is 2050 g/mol. The molecule has 60 atom stereocenters. The molecule has 0 saturated carbocycles. The molecule has 45 rings (SSSR count). The number of aliphatic hydroxyl groups is 34. The van der Waals surface area contributed by atoms with Gasteiger partial charge in [0.1, 0.15) is 293 Å². The maximum atomic E-state index is 12.2. The van der Waals surface area contributed by atoms with Crippen LogP contribution in [0, 0.1) is 0 Å². The SMILES string of the molecule is OCC1OC2OC3C(CO)OC(OC4C(CO)OC(OC5C(COCc6cccc(COCC7OC8OC9C(CO)OC(OC%10C(CO)OC(OC%11C(CO)OC(OC%12C(CO)OC(OC%13C(CO)OC(OC7C(O)C8O)C(O)C%13O)C(O)C%12O)C(O)C%11O)C(O)C%10O)C(O)C9O)c6)OC(OC6C(CO)OC(OC7C(CO)OC(OC1C(O)C2O)C(O)C7O)C(O)C6O)C(O)C5O)C(O)C4O)C(O)C3O. The van der Waals surface area contributed by atoms with Crippen LogP contribution in [0.3, 0.4) is 0 Å². The summed E-state index contributed by atoms with van der Waals surface area (Å²) in [5, 5.41) is 388. The molecular weight excluding hydrogens is 1920 g/mol. The van der Waals surface area contributed by atoms with Gasteiger partial charge in [0.25, 0.3) is 0 Å². The second-order valence-electron chi connectivity index (χ2n) is 36.2. The topological polar surface area (TPSA) is 928 Å². The van der Waals surface area contributed by atoms with Gasteiger partial charge in [-0.3, -0.25) is 0 Å². The fourth-order valence-corrected chi connectivity index (χ4v) is 19.2. The molecule has 44 heterocycles. The van der Waals surface area contributed by atoms with Crippen LogP contribution in [0.15, 0.2) is 24.3 Å². The van der Waals surface area contributed by atoms with Gasteiger partial charge in [0.15, 0.2) is 75.5 Å². The lowest BCUT2D eigenvalue weighted by Crippen LogP contribution is -2.69. The van der Waals surface area contributed by atoms with E-state index < -0.39 is 461 Å². The van der Waals surface area contributed by atoms with E-state index in [1.807, 2.05) is 0 Å². The largest absolute Gasteiger partial charge is 0.394 e. The highest BCUT2D eigenvalue weighted by Crippen LogP contribution is 2.44. The number of ether oxygens (including phenoxy) is 26. The highest BCUT2D eigenvalue weighted by atomic mass is 16.8. The molecule has 0 amide bonds. The molecule has 60 heteroatoms. The first-order valence-electron chi connectivity index (χ1n) is 45.3. The third kappa shape index (κ3) is 22.6. The molecule has 60 nitrogen and oxygen atoms in total. The summed E-state index contributed by atoms with van der Waals surface area (Å²) in [7, 11) is 0. The standard InChI is InChI=1S/C80H126O60/c81-5-21-57-33(91)45(103)69(117-21)131-59-23(7-83)121-73(49(107)37(59)95)135-63-27(11-87)125-77(53(111)41(63)99)139-67-31(127-79(55(113)43(67)101)137-65-29(13-89)123-75(51(109)39(65)97)133-61-25(9-85)119-71(129-57)47(105)35(61)93)17-115-15-19-2-1-3-20(4-19)16-116-18-32-68-44(102)56(114)80(128-32)138-66-30(14-90)124-76(52(110)40(66)98)134-62-26(10-86)120-72(48(106)36(62)94)130-58-22(6-82)118-70(46(104)34(58)92)132-60-24(8-84)122-74(50(108)38(60)96)136-64-28(12-88)126-78(140-68)54(112)42(64)100/h1-4,21-114H,5-18H2. The van der Waals surface area contributed by atoms with Crippen molar-refractivity contribution in [1.82, 2.24) is 0 Å². The van der Waals surface area contributed by atoms with Gasteiger partial charge < -0.3 is 297 Å². The first-order chi connectivity index (χ1) is 66.9. The average Bonchev–Trinajstić information content (AvgIpc) is 0.782. The molecular formula is C80H126O60. The van der Waals surface area contributed by atoms with Crippen molar-refractivity contribution in [2.24, 2.45) is 0 Å². The van der Waals surface area contributed by atoms with E-state index in [0.717, 1.165) is 0 Å². The number of hydrogen-bond acceptors (Lipinski definition) is 60. The summed E-state index contributed by atoms with van der Waals surface area (Å²) >= 11 is 0. The molecule has 44 aliphatic heterocycles. The summed E-state index contributed by atoms with van der Waals surface area (Å²) in [5.41, 5.74) is 0.526. The van der Waals surface area contributed by atoms with Gasteiger partial charge in [-0.25, -0.2) is 0 Å². The zero-order valence-corrected chi connectivity index (χ0v) is 73.7. The molecule has 140 heavy (non-hydrogen) atoms. The van der Waals surface area contributed by atoms with Gasteiger partial charge in [-0.2, -0.15) is 0 Å². The lowest BCUT2D eigenvalue weighted by Gasteiger charge is -2.50. The second-order valence-corrected chi connectivity index (χ2v) is 36.2. The lowest BCUT2D eigenvalue weighted by atomic mass is 9.94. The van der Waals surface area contributed by atoms with Crippen molar-refractivity contribution in [2.75, 3.05) is 79.3 Å². The molecule has 0 aromatic heterocycles. The second kappa shape index (κ2) is 48.0. The Kier molecular flexibility index (Phi) is 38.0. The Hall–Kier alpha value is -3.18. The number of hydrogen-bond donors (Lipinski definition) is 34. The minimum atomic E-state index is -2.36. The highest BCUT2D eigenvalue weighted by Gasteiger charge is 2.64. The number of benzene rings is 1. The fourth-order valence-electron chi connectivity index (χ4n) is 19.2. The van der Waals surface area contributed by atoms with Crippen molar-refractivity contribution in [3.05, 3.63) is 35.4 Å². The molecule has 1 aromatic carbocycles. The van der Waals surface area contributed by atoms with Crippen LogP contribution in [0.25, 0.3) is 0 Å². The van der Waals surface area contributed by atoms with Crippen molar-refractivity contribution < 1.29 is 297 Å². The van der Waals surface area contributed by atoms with E-state index in [1.54, 1.807) is 0 Å². The summed E-state index contributed by atoms with van der Waals surface area (Å²) in [6.45, 7) is -13.7. The molecule has 1 aromatic rings.